The predicted molar refractivity (Wildman–Crippen MR) is 71.0 cm³/mol. The summed E-state index contributed by atoms with van der Waals surface area (Å²) in [6.07, 6.45) is 4.24. The van der Waals surface area contributed by atoms with Crippen molar-refractivity contribution in [3.63, 3.8) is 0 Å². The number of nitrogens with two attached hydrogens (primary N) is 1. The van der Waals surface area contributed by atoms with Crippen molar-refractivity contribution >= 4 is 17.8 Å². The molecule has 1 aliphatic rings. The maximum absolute atomic E-state index is 5.46. The molecule has 0 aliphatic heterocycles. The van der Waals surface area contributed by atoms with Crippen molar-refractivity contribution in [3.05, 3.63) is 65.2 Å². The van der Waals surface area contributed by atoms with Crippen LogP contribution in [0, 0.1) is 6.92 Å². The van der Waals surface area contributed by atoms with Crippen LogP contribution in [0.2, 0.25) is 0 Å². The first kappa shape index (κ1) is 10.5. The molecular formula is C15H15N. The van der Waals surface area contributed by atoms with E-state index in [-0.39, 0.29) is 0 Å². The van der Waals surface area contributed by atoms with E-state index < -0.39 is 0 Å². The summed E-state index contributed by atoms with van der Waals surface area (Å²) in [5.74, 6) is 0. The molecule has 2 bridgehead atoms. The second-order valence-electron chi connectivity index (χ2n) is 3.92. The second-order valence-corrected chi connectivity index (χ2v) is 3.92. The van der Waals surface area contributed by atoms with Crippen molar-refractivity contribution < 1.29 is 0 Å². The van der Waals surface area contributed by atoms with Crippen LogP contribution in [0.15, 0.2) is 48.5 Å². The van der Waals surface area contributed by atoms with Crippen LogP contribution in [0.1, 0.15) is 16.7 Å². The quantitative estimate of drug-likeness (QED) is 0.561. The Bertz CT molecular complexity index is 474. The van der Waals surface area contributed by atoms with Crippen molar-refractivity contribution in [1.82, 2.24) is 0 Å². The number of fused-ring (bicyclic) bond motifs is 2. The SMILES string of the molecule is C1=Cc2cccc1c2.Cc1cccc(N)c1. The van der Waals surface area contributed by atoms with Crippen LogP contribution in [0.3, 0.4) is 0 Å². The van der Waals surface area contributed by atoms with Crippen LogP contribution in [-0.4, -0.2) is 0 Å². The molecule has 0 atom stereocenters. The van der Waals surface area contributed by atoms with Gasteiger partial charge in [0.2, 0.25) is 0 Å². The largest absolute Gasteiger partial charge is 0.399 e. The second kappa shape index (κ2) is 4.67. The molecule has 0 heterocycles. The van der Waals surface area contributed by atoms with Gasteiger partial charge < -0.3 is 5.73 Å². The van der Waals surface area contributed by atoms with E-state index in [1.807, 2.05) is 31.2 Å². The number of rotatable bonds is 0. The third-order valence-corrected chi connectivity index (χ3v) is 2.42. The third-order valence-electron chi connectivity index (χ3n) is 2.42. The molecule has 3 rings (SSSR count). The summed E-state index contributed by atoms with van der Waals surface area (Å²) < 4.78 is 0. The monoisotopic (exact) mass is 209 g/mol. The predicted octanol–water partition coefficient (Wildman–Crippen LogP) is 3.75. The number of nitrogen functional groups attached to an aromatic ring is 1. The number of hydrogen-bond acceptors (Lipinski definition) is 1. The van der Waals surface area contributed by atoms with Crippen molar-refractivity contribution in [3.8, 4) is 0 Å². The molecule has 16 heavy (non-hydrogen) atoms. The van der Waals surface area contributed by atoms with E-state index in [9.17, 15) is 0 Å². The molecule has 0 unspecified atom stereocenters. The standard InChI is InChI=1S/C8H6.C7H9N/c1-2-7-4-5-8(3-1)6-7;1-6-3-2-4-7(8)5-6/h1-6H;2-5H,8H2,1H3. The highest BCUT2D eigenvalue weighted by atomic mass is 14.5. The van der Waals surface area contributed by atoms with Crippen LogP contribution in [0.25, 0.3) is 12.2 Å². The van der Waals surface area contributed by atoms with Crippen molar-refractivity contribution in [1.29, 1.82) is 0 Å². The van der Waals surface area contributed by atoms with Crippen LogP contribution < -0.4 is 5.73 Å². The van der Waals surface area contributed by atoms with E-state index in [4.69, 9.17) is 5.73 Å². The van der Waals surface area contributed by atoms with E-state index in [1.54, 1.807) is 0 Å². The highest BCUT2D eigenvalue weighted by Crippen LogP contribution is 2.16. The fourth-order valence-electron chi connectivity index (χ4n) is 1.63. The average molecular weight is 209 g/mol. The van der Waals surface area contributed by atoms with Crippen LogP contribution >= 0.6 is 0 Å². The molecule has 1 nitrogen and oxygen atoms in total. The van der Waals surface area contributed by atoms with Gasteiger partial charge in [0.25, 0.3) is 0 Å². The molecule has 0 radical (unpaired) electrons. The Morgan fingerprint density at radius 1 is 0.812 bits per heavy atom. The highest BCUT2D eigenvalue weighted by molar-refractivity contribution is 5.76. The minimum absolute atomic E-state index is 0.838. The topological polar surface area (TPSA) is 26.0 Å². The van der Waals surface area contributed by atoms with Gasteiger partial charge in [-0.1, -0.05) is 42.5 Å². The molecule has 2 aromatic carbocycles. The maximum Gasteiger partial charge on any atom is 0.0316 e. The van der Waals surface area contributed by atoms with Gasteiger partial charge in [-0.2, -0.15) is 0 Å². The van der Waals surface area contributed by atoms with Gasteiger partial charge in [0.05, 0.1) is 0 Å². The Balaban J connectivity index is 0.000000120. The Hall–Kier alpha value is -2.02. The first-order chi connectivity index (χ1) is 7.74. The summed E-state index contributed by atoms with van der Waals surface area (Å²) in [6.45, 7) is 2.02. The summed E-state index contributed by atoms with van der Waals surface area (Å²) >= 11 is 0. The first-order valence-electron chi connectivity index (χ1n) is 5.34. The summed E-state index contributed by atoms with van der Waals surface area (Å²) in [5.41, 5.74) is 10.2. The van der Waals surface area contributed by atoms with E-state index >= 15 is 0 Å². The van der Waals surface area contributed by atoms with Crippen molar-refractivity contribution in [2.24, 2.45) is 0 Å². The molecule has 2 aromatic rings. The molecule has 0 amide bonds. The van der Waals surface area contributed by atoms with Gasteiger partial charge in [0, 0.05) is 5.69 Å². The van der Waals surface area contributed by atoms with E-state index in [0.29, 0.717) is 0 Å². The summed E-state index contributed by atoms with van der Waals surface area (Å²) in [4.78, 5) is 0. The normalized spacial score (nSPS) is 10.8. The zero-order chi connectivity index (χ0) is 11.4. The molecule has 0 fully saturated rings. The lowest BCUT2D eigenvalue weighted by molar-refractivity contribution is 1.47. The van der Waals surface area contributed by atoms with Gasteiger partial charge in [-0.3, -0.25) is 0 Å². The van der Waals surface area contributed by atoms with Crippen molar-refractivity contribution in [2.75, 3.05) is 5.73 Å². The van der Waals surface area contributed by atoms with Gasteiger partial charge in [0.1, 0.15) is 0 Å². The molecule has 0 aromatic heterocycles. The molecule has 0 spiro atoms. The smallest absolute Gasteiger partial charge is 0.0316 e. The summed E-state index contributed by atoms with van der Waals surface area (Å²) in [7, 11) is 0. The Morgan fingerprint density at radius 2 is 1.44 bits per heavy atom. The van der Waals surface area contributed by atoms with E-state index in [2.05, 4.69) is 36.4 Å². The maximum atomic E-state index is 5.46. The zero-order valence-corrected chi connectivity index (χ0v) is 9.35. The number of hydrogen-bond donors (Lipinski definition) is 1. The molecule has 0 saturated carbocycles. The Kier molecular flexibility index (Phi) is 3.06. The van der Waals surface area contributed by atoms with Gasteiger partial charge >= 0.3 is 0 Å². The Morgan fingerprint density at radius 3 is 1.88 bits per heavy atom. The molecular weight excluding hydrogens is 194 g/mol. The van der Waals surface area contributed by atoms with Crippen molar-refractivity contribution in [2.45, 2.75) is 6.92 Å². The van der Waals surface area contributed by atoms with Crippen LogP contribution in [-0.2, 0) is 0 Å². The summed E-state index contributed by atoms with van der Waals surface area (Å²) in [6, 6.07) is 16.2. The zero-order valence-electron chi connectivity index (χ0n) is 9.35. The number of anilines is 1. The molecule has 1 heteroatoms. The Labute approximate surface area is 96.2 Å². The fourth-order valence-corrected chi connectivity index (χ4v) is 1.63. The molecule has 1 aliphatic carbocycles. The minimum atomic E-state index is 0.838. The lowest BCUT2D eigenvalue weighted by Crippen LogP contribution is -1.82. The lowest BCUT2D eigenvalue weighted by Gasteiger charge is -1.91. The van der Waals surface area contributed by atoms with E-state index in [0.717, 1.165) is 5.69 Å². The fraction of sp³-hybridized carbons (Fsp3) is 0.0667. The third kappa shape index (κ3) is 2.74. The van der Waals surface area contributed by atoms with Gasteiger partial charge in [-0.25, -0.2) is 0 Å². The highest BCUT2D eigenvalue weighted by Gasteiger charge is 1.94. The lowest BCUT2D eigenvalue weighted by atomic mass is 10.2. The van der Waals surface area contributed by atoms with Gasteiger partial charge in [0.15, 0.2) is 0 Å². The molecule has 0 saturated heterocycles. The molecule has 2 N–H and O–H groups in total. The van der Waals surface area contributed by atoms with Crippen LogP contribution in [0.4, 0.5) is 5.69 Å². The average Bonchev–Trinajstić information content (AvgIpc) is 2.58. The minimum Gasteiger partial charge on any atom is -0.399 e. The summed E-state index contributed by atoms with van der Waals surface area (Å²) in [5, 5.41) is 0. The number of benzene rings is 2. The van der Waals surface area contributed by atoms with E-state index in [1.165, 1.54) is 16.7 Å². The first-order valence-corrected chi connectivity index (χ1v) is 5.34. The van der Waals surface area contributed by atoms with Gasteiger partial charge in [-0.15, -0.1) is 0 Å². The number of aryl methyl sites for hydroxylation is 1. The van der Waals surface area contributed by atoms with Crippen LogP contribution in [0.5, 0.6) is 0 Å². The molecule has 80 valence electrons. The van der Waals surface area contributed by atoms with Gasteiger partial charge in [-0.05, 0) is 41.8 Å².